The number of ketones is 1. The fraction of sp³-hybridized carbons (Fsp3) is 0.409. The number of benzene rings is 1. The van der Waals surface area contributed by atoms with Crippen LogP contribution in [-0.2, 0) is 9.53 Å². The Morgan fingerprint density at radius 1 is 1.11 bits per heavy atom. The van der Waals surface area contributed by atoms with Crippen LogP contribution in [0.3, 0.4) is 0 Å². The first-order valence-corrected chi connectivity index (χ1v) is 10.4. The first-order chi connectivity index (χ1) is 13.4. The van der Waals surface area contributed by atoms with E-state index >= 15 is 0 Å². The maximum atomic E-state index is 12.6. The van der Waals surface area contributed by atoms with Gasteiger partial charge >= 0.3 is 5.97 Å². The molecule has 1 aliphatic rings. The SMILES string of the molecule is Cc1ccc(C(=O)C(C)OC(=O)C2CCN(C(=O)c3cccs3)CC2)cc1C. The Bertz CT molecular complexity index is 867. The molecule has 0 radical (unpaired) electrons. The highest BCUT2D eigenvalue weighted by atomic mass is 32.1. The summed E-state index contributed by atoms with van der Waals surface area (Å²) in [5.41, 5.74) is 2.71. The largest absolute Gasteiger partial charge is 0.454 e. The van der Waals surface area contributed by atoms with Crippen molar-refractivity contribution in [2.45, 2.75) is 39.7 Å². The maximum absolute atomic E-state index is 12.6. The summed E-state index contributed by atoms with van der Waals surface area (Å²) < 4.78 is 5.45. The summed E-state index contributed by atoms with van der Waals surface area (Å²) in [7, 11) is 0. The molecule has 1 fully saturated rings. The molecule has 1 aromatic carbocycles. The lowest BCUT2D eigenvalue weighted by Crippen LogP contribution is -2.41. The molecule has 1 aliphatic heterocycles. The molecule has 2 heterocycles. The van der Waals surface area contributed by atoms with E-state index in [0.717, 1.165) is 11.1 Å². The Labute approximate surface area is 169 Å². The predicted octanol–water partition coefficient (Wildman–Crippen LogP) is 4.03. The molecule has 5 nitrogen and oxygen atoms in total. The molecule has 0 N–H and O–H groups in total. The topological polar surface area (TPSA) is 63.7 Å². The van der Waals surface area contributed by atoms with Gasteiger partial charge in [0.15, 0.2) is 6.10 Å². The lowest BCUT2D eigenvalue weighted by molar-refractivity contribution is -0.152. The molecule has 28 heavy (non-hydrogen) atoms. The first-order valence-electron chi connectivity index (χ1n) is 9.51. The van der Waals surface area contributed by atoms with Crippen LogP contribution < -0.4 is 0 Å². The van der Waals surface area contributed by atoms with Gasteiger partial charge in [0.05, 0.1) is 10.8 Å². The molecule has 1 saturated heterocycles. The van der Waals surface area contributed by atoms with E-state index in [1.165, 1.54) is 11.3 Å². The number of nitrogens with zero attached hydrogens (tertiary/aromatic N) is 1. The van der Waals surface area contributed by atoms with Crippen LogP contribution in [0.4, 0.5) is 0 Å². The van der Waals surface area contributed by atoms with E-state index in [-0.39, 0.29) is 23.6 Å². The van der Waals surface area contributed by atoms with E-state index in [0.29, 0.717) is 36.4 Å². The van der Waals surface area contributed by atoms with Gasteiger partial charge in [-0.05, 0) is 62.3 Å². The second kappa shape index (κ2) is 8.69. The second-order valence-electron chi connectivity index (χ2n) is 7.29. The number of aryl methyl sites for hydroxylation is 2. The summed E-state index contributed by atoms with van der Waals surface area (Å²) in [4.78, 5) is 39.9. The zero-order chi connectivity index (χ0) is 20.3. The summed E-state index contributed by atoms with van der Waals surface area (Å²) in [6, 6.07) is 9.17. The number of carbonyl (C=O) groups is 3. The van der Waals surface area contributed by atoms with Gasteiger partial charge in [0, 0.05) is 18.7 Å². The van der Waals surface area contributed by atoms with Gasteiger partial charge in [-0.2, -0.15) is 0 Å². The second-order valence-corrected chi connectivity index (χ2v) is 8.23. The third kappa shape index (κ3) is 4.50. The highest BCUT2D eigenvalue weighted by Crippen LogP contribution is 2.23. The van der Waals surface area contributed by atoms with E-state index in [1.807, 2.05) is 43.5 Å². The fourth-order valence-electron chi connectivity index (χ4n) is 3.33. The van der Waals surface area contributed by atoms with Gasteiger partial charge in [0.2, 0.25) is 5.78 Å². The van der Waals surface area contributed by atoms with Gasteiger partial charge in [-0.15, -0.1) is 11.3 Å². The number of rotatable bonds is 5. The number of piperidine rings is 1. The molecular weight excluding hydrogens is 374 g/mol. The maximum Gasteiger partial charge on any atom is 0.309 e. The van der Waals surface area contributed by atoms with Gasteiger partial charge < -0.3 is 9.64 Å². The number of carbonyl (C=O) groups excluding carboxylic acids is 3. The molecule has 6 heteroatoms. The average Bonchev–Trinajstić information content (AvgIpc) is 3.23. The third-order valence-electron chi connectivity index (χ3n) is 5.30. The monoisotopic (exact) mass is 399 g/mol. The van der Waals surface area contributed by atoms with Crippen molar-refractivity contribution in [3.05, 3.63) is 57.3 Å². The van der Waals surface area contributed by atoms with Crippen LogP contribution in [0.25, 0.3) is 0 Å². The van der Waals surface area contributed by atoms with Crippen LogP contribution in [0.5, 0.6) is 0 Å². The van der Waals surface area contributed by atoms with Gasteiger partial charge in [0.25, 0.3) is 5.91 Å². The minimum atomic E-state index is -0.819. The van der Waals surface area contributed by atoms with Crippen LogP contribution in [0.1, 0.15) is 50.9 Å². The highest BCUT2D eigenvalue weighted by Gasteiger charge is 2.31. The Balaban J connectivity index is 1.53. The molecule has 1 unspecified atom stereocenters. The van der Waals surface area contributed by atoms with Crippen molar-refractivity contribution in [1.82, 2.24) is 4.90 Å². The lowest BCUT2D eigenvalue weighted by atomic mass is 9.96. The van der Waals surface area contributed by atoms with E-state index in [4.69, 9.17) is 4.74 Å². The molecule has 1 amide bonds. The van der Waals surface area contributed by atoms with E-state index < -0.39 is 6.10 Å². The van der Waals surface area contributed by atoms with Gasteiger partial charge in [-0.3, -0.25) is 14.4 Å². The van der Waals surface area contributed by atoms with Crippen molar-refractivity contribution in [2.24, 2.45) is 5.92 Å². The molecule has 0 aliphatic carbocycles. The molecule has 0 bridgehead atoms. The van der Waals surface area contributed by atoms with Crippen LogP contribution in [0.15, 0.2) is 35.7 Å². The highest BCUT2D eigenvalue weighted by molar-refractivity contribution is 7.12. The van der Waals surface area contributed by atoms with Crippen LogP contribution >= 0.6 is 11.3 Å². The number of hydrogen-bond acceptors (Lipinski definition) is 5. The quantitative estimate of drug-likeness (QED) is 0.562. The van der Waals surface area contributed by atoms with Gasteiger partial charge in [0.1, 0.15) is 0 Å². The summed E-state index contributed by atoms with van der Waals surface area (Å²) in [6.45, 7) is 6.60. The number of hydrogen-bond donors (Lipinski definition) is 0. The van der Waals surface area contributed by atoms with Crippen LogP contribution in [0.2, 0.25) is 0 Å². The molecule has 0 saturated carbocycles. The van der Waals surface area contributed by atoms with Crippen molar-refractivity contribution < 1.29 is 19.1 Å². The van der Waals surface area contributed by atoms with Gasteiger partial charge in [-0.25, -0.2) is 0 Å². The van der Waals surface area contributed by atoms with E-state index in [9.17, 15) is 14.4 Å². The number of ether oxygens (including phenoxy) is 1. The van der Waals surface area contributed by atoms with Crippen molar-refractivity contribution in [3.8, 4) is 0 Å². The number of likely N-dealkylation sites (tertiary alicyclic amines) is 1. The predicted molar refractivity (Wildman–Crippen MR) is 109 cm³/mol. The zero-order valence-electron chi connectivity index (χ0n) is 16.4. The third-order valence-corrected chi connectivity index (χ3v) is 6.16. The van der Waals surface area contributed by atoms with E-state index in [2.05, 4.69) is 0 Å². The van der Waals surface area contributed by atoms with Crippen LogP contribution in [0, 0.1) is 19.8 Å². The number of thiophene rings is 1. The average molecular weight is 400 g/mol. The molecule has 2 aromatic rings. The number of esters is 1. The minimum absolute atomic E-state index is 0.0140. The van der Waals surface area contributed by atoms with Crippen molar-refractivity contribution in [2.75, 3.05) is 13.1 Å². The summed E-state index contributed by atoms with van der Waals surface area (Å²) in [5.74, 6) is -0.808. The molecule has 3 rings (SSSR count). The molecule has 0 spiro atoms. The molecular formula is C22H25NO4S. The summed E-state index contributed by atoms with van der Waals surface area (Å²) in [5, 5.41) is 1.88. The molecule has 148 valence electrons. The van der Waals surface area contributed by atoms with Crippen molar-refractivity contribution >= 4 is 29.0 Å². The number of amides is 1. The standard InChI is InChI=1S/C22H25NO4S/c1-14-6-7-18(13-15(14)2)20(24)16(3)27-22(26)17-8-10-23(11-9-17)21(25)19-5-4-12-28-19/h4-7,12-13,16-17H,8-11H2,1-3H3. The Morgan fingerprint density at radius 2 is 1.82 bits per heavy atom. The van der Waals surface area contributed by atoms with Crippen molar-refractivity contribution in [3.63, 3.8) is 0 Å². The minimum Gasteiger partial charge on any atom is -0.454 e. The molecule has 1 aromatic heterocycles. The summed E-state index contributed by atoms with van der Waals surface area (Å²) >= 11 is 1.42. The summed E-state index contributed by atoms with van der Waals surface area (Å²) in [6.07, 6.45) is 0.293. The number of Topliss-reactive ketones (excluding diaryl/α,β-unsaturated/α-hetero) is 1. The first kappa shape index (κ1) is 20.3. The lowest BCUT2D eigenvalue weighted by Gasteiger charge is -2.31. The normalized spacial score (nSPS) is 15.9. The molecule has 1 atom stereocenters. The Kier molecular flexibility index (Phi) is 6.29. The van der Waals surface area contributed by atoms with Crippen molar-refractivity contribution in [1.29, 1.82) is 0 Å². The smallest absolute Gasteiger partial charge is 0.309 e. The van der Waals surface area contributed by atoms with E-state index in [1.54, 1.807) is 17.9 Å². The van der Waals surface area contributed by atoms with Gasteiger partial charge in [-0.1, -0.05) is 18.2 Å². The fourth-order valence-corrected chi connectivity index (χ4v) is 4.02. The zero-order valence-corrected chi connectivity index (χ0v) is 17.3. The van der Waals surface area contributed by atoms with Crippen LogP contribution in [-0.4, -0.2) is 41.8 Å². The Hall–Kier alpha value is -2.47. The Morgan fingerprint density at radius 3 is 2.43 bits per heavy atom.